The molecule has 104 valence electrons. The molecule has 2 fully saturated rings. The quantitative estimate of drug-likeness (QED) is 0.695. The molecule has 6 nitrogen and oxygen atoms in total. The Bertz CT molecular complexity index is 261. The summed E-state index contributed by atoms with van der Waals surface area (Å²) in [5.41, 5.74) is 0. The van der Waals surface area contributed by atoms with Crippen molar-refractivity contribution < 1.29 is 14.3 Å². The first kappa shape index (κ1) is 13.6. The smallest absolute Gasteiger partial charge is 0.409 e. The van der Waals surface area contributed by atoms with Crippen molar-refractivity contribution >= 4 is 6.09 Å². The Hall–Kier alpha value is -0.850. The minimum Gasteiger partial charge on any atom is -0.448 e. The number of hydrogen-bond donors (Lipinski definition) is 0. The van der Waals surface area contributed by atoms with E-state index in [4.69, 9.17) is 9.47 Å². The molecule has 2 rings (SSSR count). The normalized spacial score (nSPS) is 23.1. The number of ether oxygens (including phenoxy) is 2. The number of morpholine rings is 1. The molecule has 0 N–H and O–H groups in total. The predicted molar refractivity (Wildman–Crippen MR) is 67.7 cm³/mol. The second kappa shape index (κ2) is 6.92. The molecule has 0 aromatic heterocycles. The summed E-state index contributed by atoms with van der Waals surface area (Å²) in [4.78, 5) is 18.1. The fourth-order valence-corrected chi connectivity index (χ4v) is 2.17. The molecule has 0 bridgehead atoms. The van der Waals surface area contributed by atoms with Crippen molar-refractivity contribution in [1.29, 1.82) is 0 Å². The SMILES string of the molecule is CN1CCN(C(=O)OCCN2CCOCC2)CC1. The molecule has 0 unspecified atom stereocenters. The molecule has 0 saturated carbocycles. The number of carbonyl (C=O) groups is 1. The number of piperazine rings is 1. The van der Waals surface area contributed by atoms with E-state index < -0.39 is 0 Å². The molecule has 2 aliphatic heterocycles. The van der Waals surface area contributed by atoms with Crippen LogP contribution in [0.4, 0.5) is 4.79 Å². The van der Waals surface area contributed by atoms with Gasteiger partial charge in [0.25, 0.3) is 0 Å². The summed E-state index contributed by atoms with van der Waals surface area (Å²) in [5, 5.41) is 0. The molecular weight excluding hydrogens is 234 g/mol. The van der Waals surface area contributed by atoms with Crippen molar-refractivity contribution in [3.63, 3.8) is 0 Å². The first-order valence-corrected chi connectivity index (χ1v) is 6.66. The van der Waals surface area contributed by atoms with Gasteiger partial charge in [0.05, 0.1) is 13.2 Å². The number of nitrogens with zero attached hydrogens (tertiary/aromatic N) is 3. The molecule has 2 saturated heterocycles. The van der Waals surface area contributed by atoms with Gasteiger partial charge in [-0.2, -0.15) is 0 Å². The lowest BCUT2D eigenvalue weighted by Crippen LogP contribution is -2.47. The largest absolute Gasteiger partial charge is 0.448 e. The Morgan fingerprint density at radius 1 is 1.11 bits per heavy atom. The maximum absolute atomic E-state index is 11.8. The average Bonchev–Trinajstić information content (AvgIpc) is 2.40. The summed E-state index contributed by atoms with van der Waals surface area (Å²) in [6, 6.07) is 0. The van der Waals surface area contributed by atoms with Gasteiger partial charge in [-0.15, -0.1) is 0 Å². The molecular formula is C12H23N3O3. The first-order chi connectivity index (χ1) is 8.75. The Morgan fingerprint density at radius 3 is 2.44 bits per heavy atom. The van der Waals surface area contributed by atoms with Crippen LogP contribution in [0.15, 0.2) is 0 Å². The molecule has 0 aromatic rings. The molecule has 0 atom stereocenters. The topological polar surface area (TPSA) is 45.2 Å². The second-order valence-corrected chi connectivity index (χ2v) is 4.86. The average molecular weight is 257 g/mol. The van der Waals surface area contributed by atoms with Crippen LogP contribution in [0.2, 0.25) is 0 Å². The van der Waals surface area contributed by atoms with E-state index in [9.17, 15) is 4.79 Å². The second-order valence-electron chi connectivity index (χ2n) is 4.86. The third-order valence-corrected chi connectivity index (χ3v) is 3.50. The van der Waals surface area contributed by atoms with Gasteiger partial charge in [-0.3, -0.25) is 4.90 Å². The van der Waals surface area contributed by atoms with Crippen molar-refractivity contribution in [2.45, 2.75) is 0 Å². The maximum Gasteiger partial charge on any atom is 0.409 e. The van der Waals surface area contributed by atoms with Crippen LogP contribution in [0, 0.1) is 0 Å². The Kier molecular flexibility index (Phi) is 5.22. The van der Waals surface area contributed by atoms with Gasteiger partial charge in [0.1, 0.15) is 6.61 Å². The van der Waals surface area contributed by atoms with E-state index >= 15 is 0 Å². The van der Waals surface area contributed by atoms with Gasteiger partial charge < -0.3 is 19.3 Å². The monoisotopic (exact) mass is 257 g/mol. The van der Waals surface area contributed by atoms with Gasteiger partial charge in [0.15, 0.2) is 0 Å². The highest BCUT2D eigenvalue weighted by Crippen LogP contribution is 2.02. The molecule has 0 spiro atoms. The summed E-state index contributed by atoms with van der Waals surface area (Å²) in [6.45, 7) is 8.13. The molecule has 2 aliphatic rings. The lowest BCUT2D eigenvalue weighted by Gasteiger charge is -2.32. The Morgan fingerprint density at radius 2 is 1.78 bits per heavy atom. The molecule has 0 aliphatic carbocycles. The van der Waals surface area contributed by atoms with Gasteiger partial charge in [0, 0.05) is 45.8 Å². The molecule has 0 aromatic carbocycles. The fraction of sp³-hybridized carbons (Fsp3) is 0.917. The highest BCUT2D eigenvalue weighted by atomic mass is 16.6. The van der Waals surface area contributed by atoms with Crippen molar-refractivity contribution in [3.05, 3.63) is 0 Å². The van der Waals surface area contributed by atoms with Gasteiger partial charge in [0.2, 0.25) is 0 Å². The van der Waals surface area contributed by atoms with Crippen LogP contribution < -0.4 is 0 Å². The van der Waals surface area contributed by atoms with Crippen molar-refractivity contribution in [3.8, 4) is 0 Å². The Labute approximate surface area is 108 Å². The van der Waals surface area contributed by atoms with Gasteiger partial charge in [-0.05, 0) is 7.05 Å². The van der Waals surface area contributed by atoms with Gasteiger partial charge >= 0.3 is 6.09 Å². The minimum atomic E-state index is -0.170. The zero-order valence-corrected chi connectivity index (χ0v) is 11.1. The molecule has 2 heterocycles. The summed E-state index contributed by atoms with van der Waals surface area (Å²) < 4.78 is 10.6. The van der Waals surface area contributed by atoms with E-state index in [1.807, 2.05) is 0 Å². The minimum absolute atomic E-state index is 0.170. The number of hydrogen-bond acceptors (Lipinski definition) is 5. The van der Waals surface area contributed by atoms with E-state index in [0.717, 1.165) is 59.0 Å². The zero-order valence-electron chi connectivity index (χ0n) is 11.1. The third kappa shape index (κ3) is 4.12. The van der Waals surface area contributed by atoms with Crippen LogP contribution in [-0.4, -0.2) is 93.5 Å². The Balaban J connectivity index is 1.59. The number of rotatable bonds is 3. The summed E-state index contributed by atoms with van der Waals surface area (Å²) >= 11 is 0. The lowest BCUT2D eigenvalue weighted by molar-refractivity contribution is 0.0230. The highest BCUT2D eigenvalue weighted by molar-refractivity contribution is 5.67. The van der Waals surface area contributed by atoms with E-state index in [-0.39, 0.29) is 6.09 Å². The van der Waals surface area contributed by atoms with Crippen molar-refractivity contribution in [2.24, 2.45) is 0 Å². The van der Waals surface area contributed by atoms with Crippen LogP contribution >= 0.6 is 0 Å². The van der Waals surface area contributed by atoms with Gasteiger partial charge in [-0.25, -0.2) is 4.79 Å². The van der Waals surface area contributed by atoms with E-state index in [1.165, 1.54) is 0 Å². The summed E-state index contributed by atoms with van der Waals surface area (Å²) in [6.07, 6.45) is -0.170. The van der Waals surface area contributed by atoms with Crippen LogP contribution in [0.5, 0.6) is 0 Å². The van der Waals surface area contributed by atoms with Crippen molar-refractivity contribution in [2.75, 3.05) is 72.7 Å². The summed E-state index contributed by atoms with van der Waals surface area (Å²) in [5.74, 6) is 0. The molecule has 1 amide bonds. The fourth-order valence-electron chi connectivity index (χ4n) is 2.17. The van der Waals surface area contributed by atoms with E-state index in [2.05, 4.69) is 16.8 Å². The van der Waals surface area contributed by atoms with Gasteiger partial charge in [-0.1, -0.05) is 0 Å². The molecule has 6 heteroatoms. The summed E-state index contributed by atoms with van der Waals surface area (Å²) in [7, 11) is 2.07. The van der Waals surface area contributed by atoms with Crippen LogP contribution in [-0.2, 0) is 9.47 Å². The van der Waals surface area contributed by atoms with E-state index in [1.54, 1.807) is 4.90 Å². The number of amides is 1. The predicted octanol–water partition coefficient (Wildman–Crippen LogP) is -0.297. The van der Waals surface area contributed by atoms with Crippen LogP contribution in [0.25, 0.3) is 0 Å². The first-order valence-electron chi connectivity index (χ1n) is 6.66. The third-order valence-electron chi connectivity index (χ3n) is 3.50. The molecule has 0 radical (unpaired) electrons. The van der Waals surface area contributed by atoms with Crippen molar-refractivity contribution in [1.82, 2.24) is 14.7 Å². The standard InChI is InChI=1S/C12H23N3O3/c1-13-2-4-15(5-3-13)12(16)18-11-8-14-6-9-17-10-7-14/h2-11H2,1H3. The number of carbonyl (C=O) groups excluding carboxylic acids is 1. The lowest BCUT2D eigenvalue weighted by atomic mass is 10.3. The van der Waals surface area contributed by atoms with E-state index in [0.29, 0.717) is 6.61 Å². The highest BCUT2D eigenvalue weighted by Gasteiger charge is 2.20. The van der Waals surface area contributed by atoms with Crippen LogP contribution in [0.3, 0.4) is 0 Å². The van der Waals surface area contributed by atoms with Crippen LogP contribution in [0.1, 0.15) is 0 Å². The zero-order chi connectivity index (χ0) is 12.8. The maximum atomic E-state index is 11.8. The number of likely N-dealkylation sites (N-methyl/N-ethyl adjacent to an activating group) is 1. The molecule has 18 heavy (non-hydrogen) atoms.